The molecule has 0 radical (unpaired) electrons. The zero-order valence-electron chi connectivity index (χ0n) is 43.5. The van der Waals surface area contributed by atoms with Gasteiger partial charge in [-0.05, 0) is 126 Å². The maximum Gasteiger partial charge on any atom is 0.325 e. The molecule has 2 atom stereocenters. The quantitative estimate of drug-likeness (QED) is 0.0608. The number of nitrogens with one attached hydrogen (secondary N) is 2. The fourth-order valence-electron chi connectivity index (χ4n) is 7.47. The number of fused-ring (bicyclic) bond motifs is 2. The zero-order valence-corrected chi connectivity index (χ0v) is 48.9. The van der Waals surface area contributed by atoms with E-state index in [-0.39, 0.29) is 61.9 Å². The third kappa shape index (κ3) is 18.5. The first kappa shape index (κ1) is 62.9. The molecule has 0 saturated heterocycles. The highest BCUT2D eigenvalue weighted by molar-refractivity contribution is 8.00. The Hall–Kier alpha value is -4.67. The molecule has 0 spiro atoms. The molecular formula is C50H64Cl5FN10O7S2. The number of thioether (sulfide) groups is 1. The van der Waals surface area contributed by atoms with Gasteiger partial charge >= 0.3 is 10.8 Å². The summed E-state index contributed by atoms with van der Waals surface area (Å²) in [6.45, 7) is 19.0. The molecule has 4 heterocycles. The average Bonchev–Trinajstić information content (AvgIpc) is 3.68. The number of ether oxygens (including phenoxy) is 3. The molecule has 3 aromatic carbocycles. The number of anilines is 4. The number of halogens is 6. The number of hydrogen-bond donors (Lipinski definition) is 2. The van der Waals surface area contributed by atoms with Crippen LogP contribution in [0.25, 0.3) is 0 Å². The van der Waals surface area contributed by atoms with Gasteiger partial charge < -0.3 is 34.6 Å². The second kappa shape index (κ2) is 30.3. The molecule has 25 heteroatoms. The number of rotatable bonds is 14. The van der Waals surface area contributed by atoms with Gasteiger partial charge in [0.25, 0.3) is 5.91 Å². The van der Waals surface area contributed by atoms with Gasteiger partial charge in [0.05, 0.1) is 48.0 Å². The Bertz CT molecular complexity index is 2850. The predicted molar refractivity (Wildman–Crippen MR) is 302 cm³/mol. The molecule has 2 N–H and O–H groups in total. The van der Waals surface area contributed by atoms with Crippen molar-refractivity contribution in [2.45, 2.75) is 115 Å². The summed E-state index contributed by atoms with van der Waals surface area (Å²) in [7, 11) is 2.93. The number of aryl methyl sites for hydroxylation is 2. The van der Waals surface area contributed by atoms with Gasteiger partial charge in [-0.15, -0.1) is 23.4 Å². The van der Waals surface area contributed by atoms with E-state index in [0.29, 0.717) is 53.6 Å². The number of nitrogens with zero attached hydrogens (tertiary/aromatic N) is 8. The number of methoxy groups -OCH3 is 2. The van der Waals surface area contributed by atoms with Crippen LogP contribution < -0.4 is 34.8 Å². The van der Waals surface area contributed by atoms with Gasteiger partial charge in [-0.2, -0.15) is 15.0 Å². The first-order valence-corrected chi connectivity index (χ1v) is 27.8. The Balaban J connectivity index is 0.000000221. The van der Waals surface area contributed by atoms with E-state index >= 15 is 0 Å². The smallest absolute Gasteiger partial charge is 0.325 e. The summed E-state index contributed by atoms with van der Waals surface area (Å²) in [5.41, 5.74) is 3.91. The first-order chi connectivity index (χ1) is 35.6. The molecule has 0 aliphatic carbocycles. The van der Waals surface area contributed by atoms with Crippen LogP contribution in [0.5, 0.6) is 5.75 Å². The molecular weight excluding hydrogens is 1110 g/mol. The number of carbonyl (C=O) groups is 3. The molecule has 7 rings (SSSR count). The van der Waals surface area contributed by atoms with E-state index in [4.69, 9.17) is 67.5 Å². The lowest BCUT2D eigenvalue weighted by Gasteiger charge is -2.35. The molecule has 17 nitrogen and oxygen atoms in total. The Labute approximate surface area is 470 Å². The van der Waals surface area contributed by atoms with Crippen LogP contribution in [-0.4, -0.2) is 110 Å². The Morgan fingerprint density at radius 1 is 1.01 bits per heavy atom. The normalized spacial score (nSPS) is 14.3. The van der Waals surface area contributed by atoms with E-state index in [9.17, 15) is 23.6 Å². The molecule has 2 aliphatic heterocycles. The van der Waals surface area contributed by atoms with Crippen molar-refractivity contribution in [1.29, 1.82) is 0 Å². The van der Waals surface area contributed by atoms with Crippen molar-refractivity contribution < 1.29 is 33.0 Å². The van der Waals surface area contributed by atoms with Crippen molar-refractivity contribution >= 4 is 128 Å². The number of benzene rings is 3. The standard InChI is InChI=1S/C15H15ClFN3O3S2.C15H22ClNO2.C11H11Cl2NO2.C9H16ClN5/c1-23-13(21)8-24-12-7-11(10(17)6-9(12)16)18-14-19-4-2-3-5-20(19)15(22)25-14;1-5-13-8-6-7-11(2)15(13)17(14(18)9-16)12(3)10-19-4;1-7-6-16-9-5-3-2-4-8(9)14(7)11(15)10(12)13;1-5-11-7-12-6(10)13-8(14-7)15-9(2,3)4/h6-7H,2-5,8H2,1H3;6-8,12H,5,9-10H2,1-4H3;2-5,7,10H,6H2,1H3;5H2,1-4H3,(H2,11,12,13,14,15). The molecule has 75 heavy (non-hydrogen) atoms. The molecule has 0 fully saturated rings. The summed E-state index contributed by atoms with van der Waals surface area (Å²) in [6.07, 6.45) is 2.77. The van der Waals surface area contributed by atoms with Crippen LogP contribution >= 0.6 is 81.1 Å². The van der Waals surface area contributed by atoms with Crippen molar-refractivity contribution in [2.24, 2.45) is 4.99 Å². The molecule has 5 aromatic rings. The van der Waals surface area contributed by atoms with E-state index in [2.05, 4.69) is 48.3 Å². The monoisotopic (exact) mass is 1170 g/mol. The lowest BCUT2D eigenvalue weighted by atomic mass is 10.0. The summed E-state index contributed by atoms with van der Waals surface area (Å²) in [4.78, 5) is 67.0. The summed E-state index contributed by atoms with van der Waals surface area (Å²) in [5, 5.41) is 6.51. The lowest BCUT2D eigenvalue weighted by Crippen LogP contribution is -2.47. The maximum absolute atomic E-state index is 14.3. The molecule has 410 valence electrons. The third-order valence-electron chi connectivity index (χ3n) is 10.8. The van der Waals surface area contributed by atoms with E-state index < -0.39 is 16.6 Å². The average molecular weight is 1180 g/mol. The van der Waals surface area contributed by atoms with Gasteiger partial charge in [0.2, 0.25) is 27.9 Å². The minimum atomic E-state index is -1.05. The Kier molecular flexibility index (Phi) is 25.4. The Morgan fingerprint density at radius 3 is 2.32 bits per heavy atom. The molecule has 2 unspecified atom stereocenters. The van der Waals surface area contributed by atoms with E-state index in [0.717, 1.165) is 77.5 Å². The number of aromatic nitrogens is 5. The lowest BCUT2D eigenvalue weighted by molar-refractivity contribution is -0.137. The van der Waals surface area contributed by atoms with Crippen molar-refractivity contribution in [1.82, 2.24) is 24.3 Å². The summed E-state index contributed by atoms with van der Waals surface area (Å²) in [5.74, 6) is 0.311. The summed E-state index contributed by atoms with van der Waals surface area (Å²) in [6, 6.07) is 16.0. The predicted octanol–water partition coefficient (Wildman–Crippen LogP) is 10.7. The second-order valence-electron chi connectivity index (χ2n) is 17.7. The van der Waals surface area contributed by atoms with Gasteiger partial charge in [-0.3, -0.25) is 23.9 Å². The summed E-state index contributed by atoms with van der Waals surface area (Å²) < 4.78 is 32.9. The molecule has 2 amide bonds. The molecule has 0 bridgehead atoms. The molecule has 2 aliphatic rings. The highest BCUT2D eigenvalue weighted by Gasteiger charge is 2.32. The van der Waals surface area contributed by atoms with Gasteiger partial charge in [-0.25, -0.2) is 14.1 Å². The van der Waals surface area contributed by atoms with Crippen LogP contribution in [0.15, 0.2) is 69.3 Å². The van der Waals surface area contributed by atoms with Crippen molar-refractivity contribution in [3.63, 3.8) is 0 Å². The van der Waals surface area contributed by atoms with Crippen LogP contribution in [0.1, 0.15) is 72.4 Å². The highest BCUT2D eigenvalue weighted by Crippen LogP contribution is 2.35. The van der Waals surface area contributed by atoms with E-state index in [1.165, 1.54) is 13.2 Å². The van der Waals surface area contributed by atoms with Gasteiger partial charge in [0, 0.05) is 37.2 Å². The van der Waals surface area contributed by atoms with Crippen LogP contribution in [-0.2, 0) is 43.4 Å². The van der Waals surface area contributed by atoms with Crippen LogP contribution in [0.2, 0.25) is 10.3 Å². The Morgan fingerprint density at radius 2 is 1.69 bits per heavy atom. The zero-order chi connectivity index (χ0) is 55.6. The number of amides is 2. The maximum atomic E-state index is 14.3. The second-order valence-corrected chi connectivity index (χ2v) is 21.8. The number of para-hydroxylation sites is 3. The van der Waals surface area contributed by atoms with Crippen molar-refractivity contribution in [3.05, 3.63) is 96.3 Å². The molecule has 2 aromatic heterocycles. The fourth-order valence-corrected chi connectivity index (χ4v) is 9.96. The van der Waals surface area contributed by atoms with Gasteiger partial charge in [-0.1, -0.05) is 72.1 Å². The topological polar surface area (TPSA) is 187 Å². The van der Waals surface area contributed by atoms with Crippen LogP contribution in [0.4, 0.5) is 33.3 Å². The fraction of sp³-hybridized carbons (Fsp3) is 0.480. The summed E-state index contributed by atoms with van der Waals surface area (Å²) >= 11 is 31.0. The number of esters is 1. The van der Waals surface area contributed by atoms with E-state index in [1.54, 1.807) is 26.3 Å². The van der Waals surface area contributed by atoms with E-state index in [1.807, 2.05) is 84.9 Å². The SMILES string of the molecule is CC1COc2ccccc2N1C(=O)C(Cl)Cl.CCNc1nc(Cl)nc(NC(C)(C)C)n1.CCc1cccc(C)c1N(C(=O)CCl)C(C)COC.COC(=O)CSc1cc(N=c2sc(=O)n3n2CCCC3)c(F)cc1Cl. The van der Waals surface area contributed by atoms with Crippen molar-refractivity contribution in [3.8, 4) is 5.75 Å². The van der Waals surface area contributed by atoms with Gasteiger partial charge in [0.15, 0.2) is 4.84 Å². The molecule has 0 saturated carbocycles. The number of carbonyl (C=O) groups excluding carboxylic acids is 3. The van der Waals surface area contributed by atoms with Crippen LogP contribution in [0, 0.1) is 12.7 Å². The third-order valence-corrected chi connectivity index (χ3v) is 13.9. The van der Waals surface area contributed by atoms with Crippen LogP contribution in [0.3, 0.4) is 0 Å². The number of hydrogen-bond acceptors (Lipinski definition) is 15. The first-order valence-electron chi connectivity index (χ1n) is 23.8. The highest BCUT2D eigenvalue weighted by atomic mass is 35.5. The number of alkyl halides is 3. The minimum Gasteiger partial charge on any atom is -0.489 e. The largest absolute Gasteiger partial charge is 0.489 e. The van der Waals surface area contributed by atoms with Crippen molar-refractivity contribution in [2.75, 3.05) is 66.0 Å². The minimum absolute atomic E-state index is 0.0223. The van der Waals surface area contributed by atoms with Gasteiger partial charge in [0.1, 0.15) is 29.7 Å².